The molecule has 1 aromatic rings. The first-order valence-corrected chi connectivity index (χ1v) is 7.01. The number of rotatable bonds is 2. The lowest BCUT2D eigenvalue weighted by atomic mass is 9.75. The van der Waals surface area contributed by atoms with Crippen molar-refractivity contribution in [3.63, 3.8) is 0 Å². The molecule has 1 aromatic carbocycles. The number of hydrogen-bond acceptors (Lipinski definition) is 1. The van der Waals surface area contributed by atoms with Crippen LogP contribution in [0.5, 0.6) is 0 Å². The highest BCUT2D eigenvalue weighted by Gasteiger charge is 2.27. The van der Waals surface area contributed by atoms with Crippen LogP contribution in [0.3, 0.4) is 0 Å². The molecule has 1 rings (SSSR count). The van der Waals surface area contributed by atoms with Gasteiger partial charge in [0, 0.05) is 7.11 Å². The Morgan fingerprint density at radius 3 is 1.94 bits per heavy atom. The van der Waals surface area contributed by atoms with Crippen molar-refractivity contribution in [3.05, 3.63) is 29.3 Å². The summed E-state index contributed by atoms with van der Waals surface area (Å²) in [7, 11) is 2.21. The van der Waals surface area contributed by atoms with Crippen molar-refractivity contribution < 1.29 is 4.43 Å². The minimum Gasteiger partial charge on any atom is -0.415 e. The third-order valence-corrected chi connectivity index (χ3v) is 3.68. The van der Waals surface area contributed by atoms with E-state index in [4.69, 9.17) is 4.43 Å². The lowest BCUT2D eigenvalue weighted by molar-refractivity contribution is 0.449. The quantitative estimate of drug-likeness (QED) is 0.731. The molecule has 0 aliphatic rings. The molecule has 0 saturated carbocycles. The minimum absolute atomic E-state index is 0.157. The second-order valence-corrected chi connectivity index (χ2v) is 7.69. The van der Waals surface area contributed by atoms with Crippen LogP contribution in [0.1, 0.15) is 52.7 Å². The van der Waals surface area contributed by atoms with Gasteiger partial charge in [-0.2, -0.15) is 0 Å². The summed E-state index contributed by atoms with van der Waals surface area (Å²) < 4.78 is 5.36. The van der Waals surface area contributed by atoms with Gasteiger partial charge in [0.1, 0.15) is 0 Å². The van der Waals surface area contributed by atoms with E-state index in [1.54, 1.807) is 7.11 Å². The van der Waals surface area contributed by atoms with E-state index >= 15 is 0 Å². The molecule has 17 heavy (non-hydrogen) atoms. The Morgan fingerprint density at radius 1 is 0.941 bits per heavy atom. The van der Waals surface area contributed by atoms with Crippen LogP contribution in [0.2, 0.25) is 0 Å². The van der Waals surface area contributed by atoms with E-state index in [2.05, 4.69) is 59.7 Å². The SMILES string of the molecule is CO[Si]c1cccc(C(C)(C)C)c1C(C)(C)C. The second-order valence-electron chi connectivity index (χ2n) is 6.53. The lowest BCUT2D eigenvalue weighted by Crippen LogP contribution is -2.33. The maximum absolute atomic E-state index is 5.36. The predicted octanol–water partition coefficient (Wildman–Crippen LogP) is 3.17. The largest absolute Gasteiger partial charge is 0.415 e. The summed E-state index contributed by atoms with van der Waals surface area (Å²) in [6.45, 7) is 13.7. The standard InChI is InChI=1S/C15H24OSi/c1-14(2,3)11-9-8-10-12(17-16-7)13(11)15(4,5)6/h8-10H,1-7H3. The molecule has 0 N–H and O–H groups in total. The summed E-state index contributed by atoms with van der Waals surface area (Å²) in [6, 6.07) is 6.60. The average molecular weight is 248 g/mol. The van der Waals surface area contributed by atoms with E-state index < -0.39 is 0 Å². The first-order valence-electron chi connectivity index (χ1n) is 6.11. The van der Waals surface area contributed by atoms with Gasteiger partial charge in [0.25, 0.3) is 9.76 Å². The van der Waals surface area contributed by atoms with Crippen molar-refractivity contribution in [1.82, 2.24) is 0 Å². The van der Waals surface area contributed by atoms with Gasteiger partial charge in [-0.3, -0.25) is 0 Å². The predicted molar refractivity (Wildman–Crippen MR) is 76.2 cm³/mol. The van der Waals surface area contributed by atoms with Crippen LogP contribution in [0.25, 0.3) is 0 Å². The van der Waals surface area contributed by atoms with Gasteiger partial charge in [0.2, 0.25) is 0 Å². The Labute approximate surface area is 109 Å². The van der Waals surface area contributed by atoms with Gasteiger partial charge in [-0.05, 0) is 27.1 Å². The normalized spacial score (nSPS) is 12.9. The highest BCUT2D eigenvalue weighted by molar-refractivity contribution is 6.47. The summed E-state index contributed by atoms with van der Waals surface area (Å²) in [6.07, 6.45) is 0. The van der Waals surface area contributed by atoms with Gasteiger partial charge in [-0.1, -0.05) is 59.7 Å². The van der Waals surface area contributed by atoms with Crippen molar-refractivity contribution in [3.8, 4) is 0 Å². The number of benzene rings is 1. The fourth-order valence-electron chi connectivity index (χ4n) is 2.18. The molecule has 0 saturated heterocycles. The van der Waals surface area contributed by atoms with Gasteiger partial charge in [0.15, 0.2) is 0 Å². The molecule has 1 nitrogen and oxygen atoms in total. The molecule has 0 atom stereocenters. The summed E-state index contributed by atoms with van der Waals surface area (Å²) in [5.41, 5.74) is 3.22. The maximum atomic E-state index is 5.36. The molecule has 94 valence electrons. The van der Waals surface area contributed by atoms with Gasteiger partial charge in [0.05, 0.1) is 0 Å². The molecule has 0 spiro atoms. The monoisotopic (exact) mass is 248 g/mol. The zero-order valence-electron chi connectivity index (χ0n) is 12.1. The second kappa shape index (κ2) is 4.95. The van der Waals surface area contributed by atoms with E-state index in [9.17, 15) is 0 Å². The summed E-state index contributed by atoms with van der Waals surface area (Å²) in [5, 5.41) is 1.34. The van der Waals surface area contributed by atoms with Gasteiger partial charge >= 0.3 is 0 Å². The molecule has 0 heterocycles. The molecular weight excluding hydrogens is 224 g/mol. The zero-order chi connectivity index (χ0) is 13.3. The van der Waals surface area contributed by atoms with Crippen molar-refractivity contribution in [1.29, 1.82) is 0 Å². The van der Waals surface area contributed by atoms with Crippen LogP contribution in [-0.2, 0) is 15.3 Å². The minimum atomic E-state index is 0.157. The molecule has 0 aromatic heterocycles. The molecular formula is C15H24OSi. The third kappa shape index (κ3) is 3.43. The molecule has 0 aliphatic carbocycles. The average Bonchev–Trinajstić information content (AvgIpc) is 2.14. The highest BCUT2D eigenvalue weighted by Crippen LogP contribution is 2.32. The maximum Gasteiger partial charge on any atom is 0.268 e. The van der Waals surface area contributed by atoms with E-state index in [-0.39, 0.29) is 10.8 Å². The van der Waals surface area contributed by atoms with Gasteiger partial charge < -0.3 is 4.43 Å². The highest BCUT2D eigenvalue weighted by atomic mass is 28.2. The molecule has 0 fully saturated rings. The third-order valence-electron chi connectivity index (χ3n) is 2.83. The lowest BCUT2D eigenvalue weighted by Gasteiger charge is -2.32. The van der Waals surface area contributed by atoms with E-state index in [1.807, 2.05) is 0 Å². The Bertz CT molecular complexity index is 383. The Hall–Kier alpha value is -0.603. The smallest absolute Gasteiger partial charge is 0.268 e. The van der Waals surface area contributed by atoms with Gasteiger partial charge in [-0.15, -0.1) is 0 Å². The van der Waals surface area contributed by atoms with Crippen LogP contribution < -0.4 is 5.19 Å². The Balaban J connectivity index is 3.46. The van der Waals surface area contributed by atoms with Gasteiger partial charge in [-0.25, -0.2) is 0 Å². The number of hydrogen-bond donors (Lipinski definition) is 0. The molecule has 0 unspecified atom stereocenters. The van der Waals surface area contributed by atoms with Crippen LogP contribution in [-0.4, -0.2) is 16.9 Å². The van der Waals surface area contributed by atoms with Crippen LogP contribution in [0, 0.1) is 0 Å². The van der Waals surface area contributed by atoms with E-state index in [1.165, 1.54) is 16.3 Å². The first-order chi connectivity index (χ1) is 7.68. The summed E-state index contributed by atoms with van der Waals surface area (Å²) >= 11 is 0. The topological polar surface area (TPSA) is 9.23 Å². The van der Waals surface area contributed by atoms with Crippen LogP contribution in [0.4, 0.5) is 0 Å². The molecule has 0 aliphatic heterocycles. The first kappa shape index (κ1) is 14.5. The zero-order valence-corrected chi connectivity index (χ0v) is 13.1. The van der Waals surface area contributed by atoms with E-state index in [0.29, 0.717) is 9.76 Å². The summed E-state index contributed by atoms with van der Waals surface area (Å²) in [5.74, 6) is 0. The molecule has 2 heteroatoms. The fraction of sp³-hybridized carbons (Fsp3) is 0.600. The van der Waals surface area contributed by atoms with Crippen LogP contribution >= 0.6 is 0 Å². The Morgan fingerprint density at radius 2 is 1.53 bits per heavy atom. The van der Waals surface area contributed by atoms with Crippen molar-refractivity contribution in [2.24, 2.45) is 0 Å². The van der Waals surface area contributed by atoms with Crippen molar-refractivity contribution >= 4 is 14.9 Å². The summed E-state index contributed by atoms with van der Waals surface area (Å²) in [4.78, 5) is 0. The molecule has 0 amide bonds. The Kier molecular flexibility index (Phi) is 4.21. The van der Waals surface area contributed by atoms with Crippen LogP contribution in [0.15, 0.2) is 18.2 Å². The van der Waals surface area contributed by atoms with Crippen molar-refractivity contribution in [2.75, 3.05) is 7.11 Å². The van der Waals surface area contributed by atoms with Crippen molar-refractivity contribution in [2.45, 2.75) is 52.4 Å². The molecule has 2 radical (unpaired) electrons. The van der Waals surface area contributed by atoms with E-state index in [0.717, 1.165) is 0 Å². The fourth-order valence-corrected chi connectivity index (χ4v) is 3.18. The molecule has 0 bridgehead atoms.